The average Bonchev–Trinajstić information content (AvgIpc) is 2.92. The van der Waals surface area contributed by atoms with Crippen molar-refractivity contribution in [2.75, 3.05) is 11.9 Å². The van der Waals surface area contributed by atoms with E-state index in [0.29, 0.717) is 6.42 Å². The van der Waals surface area contributed by atoms with Crippen molar-refractivity contribution in [2.45, 2.75) is 13.3 Å². The molecule has 110 valence electrons. The van der Waals surface area contributed by atoms with Crippen LogP contribution in [0.1, 0.15) is 10.4 Å². The number of anilines is 1. The van der Waals surface area contributed by atoms with Gasteiger partial charge >= 0.3 is 0 Å². The van der Waals surface area contributed by atoms with Gasteiger partial charge in [0.05, 0.1) is 13.0 Å². The van der Waals surface area contributed by atoms with Gasteiger partial charge < -0.3 is 10.6 Å². The molecule has 0 unspecified atom stereocenters. The summed E-state index contributed by atoms with van der Waals surface area (Å²) in [6.45, 7) is 1.88. The molecule has 0 atom stereocenters. The summed E-state index contributed by atoms with van der Waals surface area (Å²) in [5.74, 6) is -0.389. The SMILES string of the molecule is Cc1cc(Br)ccc1NC(=O)CNC(=O)Cc1cccs1. The summed E-state index contributed by atoms with van der Waals surface area (Å²) in [7, 11) is 0. The van der Waals surface area contributed by atoms with Crippen molar-refractivity contribution in [3.05, 3.63) is 50.6 Å². The van der Waals surface area contributed by atoms with Crippen molar-refractivity contribution in [3.63, 3.8) is 0 Å². The number of hydrogen-bond donors (Lipinski definition) is 2. The van der Waals surface area contributed by atoms with Gasteiger partial charge in [0, 0.05) is 15.0 Å². The summed E-state index contributed by atoms with van der Waals surface area (Å²) in [5, 5.41) is 7.32. The van der Waals surface area contributed by atoms with Crippen LogP contribution in [0.4, 0.5) is 5.69 Å². The van der Waals surface area contributed by atoms with Gasteiger partial charge in [0.2, 0.25) is 11.8 Å². The molecule has 2 rings (SSSR count). The zero-order valence-electron chi connectivity index (χ0n) is 11.5. The Kier molecular flexibility index (Phi) is 5.52. The smallest absolute Gasteiger partial charge is 0.243 e. The van der Waals surface area contributed by atoms with Gasteiger partial charge in [0.1, 0.15) is 0 Å². The summed E-state index contributed by atoms with van der Waals surface area (Å²) in [5.41, 5.74) is 1.71. The molecule has 1 heterocycles. The van der Waals surface area contributed by atoms with Gasteiger partial charge in [-0.1, -0.05) is 22.0 Å². The van der Waals surface area contributed by atoms with E-state index in [4.69, 9.17) is 0 Å². The molecule has 4 nitrogen and oxygen atoms in total. The Balaban J connectivity index is 1.80. The molecule has 2 aromatic rings. The van der Waals surface area contributed by atoms with E-state index >= 15 is 0 Å². The Morgan fingerprint density at radius 3 is 2.71 bits per heavy atom. The molecular weight excluding hydrogens is 352 g/mol. The second-order valence-electron chi connectivity index (χ2n) is 4.54. The van der Waals surface area contributed by atoms with Gasteiger partial charge in [-0.25, -0.2) is 0 Å². The Hall–Kier alpha value is -1.66. The molecule has 1 aromatic carbocycles. The second kappa shape index (κ2) is 7.38. The van der Waals surface area contributed by atoms with Crippen molar-refractivity contribution in [1.82, 2.24) is 5.32 Å². The van der Waals surface area contributed by atoms with E-state index in [2.05, 4.69) is 26.6 Å². The van der Waals surface area contributed by atoms with Crippen LogP contribution in [0, 0.1) is 6.92 Å². The maximum atomic E-state index is 11.8. The molecule has 0 spiro atoms. The minimum atomic E-state index is -0.236. The number of benzene rings is 1. The molecule has 0 aliphatic carbocycles. The zero-order valence-corrected chi connectivity index (χ0v) is 13.9. The molecule has 0 saturated carbocycles. The van der Waals surface area contributed by atoms with Crippen molar-refractivity contribution < 1.29 is 9.59 Å². The van der Waals surface area contributed by atoms with Crippen LogP contribution in [0.15, 0.2) is 40.2 Å². The normalized spacial score (nSPS) is 10.2. The van der Waals surface area contributed by atoms with Gasteiger partial charge in [-0.3, -0.25) is 9.59 Å². The van der Waals surface area contributed by atoms with Crippen molar-refractivity contribution in [3.8, 4) is 0 Å². The van der Waals surface area contributed by atoms with E-state index < -0.39 is 0 Å². The Labute approximate surface area is 135 Å². The average molecular weight is 367 g/mol. The van der Waals surface area contributed by atoms with Crippen LogP contribution in [0.2, 0.25) is 0 Å². The highest BCUT2D eigenvalue weighted by molar-refractivity contribution is 9.10. The first-order valence-corrected chi connectivity index (χ1v) is 8.07. The lowest BCUT2D eigenvalue weighted by Gasteiger charge is -2.09. The lowest BCUT2D eigenvalue weighted by Crippen LogP contribution is -2.33. The zero-order chi connectivity index (χ0) is 15.2. The number of aryl methyl sites for hydroxylation is 1. The quantitative estimate of drug-likeness (QED) is 0.853. The predicted molar refractivity (Wildman–Crippen MR) is 88.5 cm³/mol. The van der Waals surface area contributed by atoms with Crippen LogP contribution in [-0.4, -0.2) is 18.4 Å². The second-order valence-corrected chi connectivity index (χ2v) is 6.49. The number of rotatable bonds is 5. The first-order valence-electron chi connectivity index (χ1n) is 6.39. The van der Waals surface area contributed by atoms with E-state index in [9.17, 15) is 9.59 Å². The summed E-state index contributed by atoms with van der Waals surface area (Å²) in [6.07, 6.45) is 0.308. The number of nitrogens with one attached hydrogen (secondary N) is 2. The van der Waals surface area contributed by atoms with Gasteiger partial charge in [0.25, 0.3) is 0 Å². The van der Waals surface area contributed by atoms with E-state index in [-0.39, 0.29) is 18.4 Å². The number of carbonyl (C=O) groups excluding carboxylic acids is 2. The minimum absolute atomic E-state index is 0.0281. The van der Waals surface area contributed by atoms with E-state index in [1.807, 2.05) is 42.6 Å². The molecule has 2 amide bonds. The van der Waals surface area contributed by atoms with E-state index in [0.717, 1.165) is 20.6 Å². The largest absolute Gasteiger partial charge is 0.347 e. The third kappa shape index (κ3) is 4.99. The highest BCUT2D eigenvalue weighted by Gasteiger charge is 2.08. The summed E-state index contributed by atoms with van der Waals surface area (Å²) < 4.78 is 0.960. The third-order valence-corrected chi connectivity index (χ3v) is 4.19. The van der Waals surface area contributed by atoms with Crippen LogP contribution in [-0.2, 0) is 16.0 Å². The summed E-state index contributed by atoms with van der Waals surface area (Å²) >= 11 is 4.90. The van der Waals surface area contributed by atoms with Gasteiger partial charge in [-0.05, 0) is 42.1 Å². The standard InChI is InChI=1S/C15H15BrN2O2S/c1-10-7-11(16)4-5-13(10)18-15(20)9-17-14(19)8-12-3-2-6-21-12/h2-7H,8-9H2,1H3,(H,17,19)(H,18,20). The van der Waals surface area contributed by atoms with Crippen molar-refractivity contribution in [2.24, 2.45) is 0 Å². The first-order chi connectivity index (χ1) is 10.0. The third-order valence-electron chi connectivity index (χ3n) is 2.82. The molecule has 1 aromatic heterocycles. The molecule has 6 heteroatoms. The summed E-state index contributed by atoms with van der Waals surface area (Å²) in [4.78, 5) is 24.5. The Morgan fingerprint density at radius 1 is 1.24 bits per heavy atom. The Bertz CT molecular complexity index is 641. The molecule has 0 bridgehead atoms. The number of thiophene rings is 1. The maximum absolute atomic E-state index is 11.8. The monoisotopic (exact) mass is 366 g/mol. The predicted octanol–water partition coefficient (Wildman–Crippen LogP) is 3.12. The molecule has 0 radical (unpaired) electrons. The van der Waals surface area contributed by atoms with Crippen LogP contribution in [0.5, 0.6) is 0 Å². The highest BCUT2D eigenvalue weighted by atomic mass is 79.9. The fraction of sp³-hybridized carbons (Fsp3) is 0.200. The summed E-state index contributed by atoms with van der Waals surface area (Å²) in [6, 6.07) is 9.40. The first kappa shape index (κ1) is 15.7. The molecule has 0 saturated heterocycles. The molecular formula is C15H15BrN2O2S. The highest BCUT2D eigenvalue weighted by Crippen LogP contribution is 2.19. The van der Waals surface area contributed by atoms with Gasteiger partial charge in [-0.2, -0.15) is 0 Å². The van der Waals surface area contributed by atoms with Gasteiger partial charge in [0.15, 0.2) is 0 Å². The van der Waals surface area contributed by atoms with Gasteiger partial charge in [-0.15, -0.1) is 11.3 Å². The lowest BCUT2D eigenvalue weighted by molar-refractivity contribution is -0.123. The fourth-order valence-electron chi connectivity index (χ4n) is 1.77. The molecule has 0 aliphatic rings. The molecule has 21 heavy (non-hydrogen) atoms. The van der Waals surface area contributed by atoms with Crippen LogP contribution in [0.25, 0.3) is 0 Å². The number of halogens is 1. The maximum Gasteiger partial charge on any atom is 0.243 e. The van der Waals surface area contributed by atoms with Crippen LogP contribution < -0.4 is 10.6 Å². The van der Waals surface area contributed by atoms with E-state index in [1.165, 1.54) is 11.3 Å². The number of hydrogen-bond acceptors (Lipinski definition) is 3. The van der Waals surface area contributed by atoms with Crippen molar-refractivity contribution in [1.29, 1.82) is 0 Å². The molecule has 2 N–H and O–H groups in total. The van der Waals surface area contributed by atoms with Crippen LogP contribution >= 0.6 is 27.3 Å². The molecule has 0 fully saturated rings. The fourth-order valence-corrected chi connectivity index (χ4v) is 2.95. The van der Waals surface area contributed by atoms with Crippen molar-refractivity contribution >= 4 is 44.8 Å². The Morgan fingerprint density at radius 2 is 2.05 bits per heavy atom. The molecule has 0 aliphatic heterocycles. The topological polar surface area (TPSA) is 58.2 Å². The van der Waals surface area contributed by atoms with Crippen LogP contribution in [0.3, 0.4) is 0 Å². The number of amides is 2. The number of carbonyl (C=O) groups is 2. The minimum Gasteiger partial charge on any atom is -0.347 e. The lowest BCUT2D eigenvalue weighted by atomic mass is 10.2. The van der Waals surface area contributed by atoms with E-state index in [1.54, 1.807) is 0 Å².